The predicted molar refractivity (Wildman–Crippen MR) is 111 cm³/mol. The molecule has 0 aliphatic rings. The molecule has 6 heteroatoms. The molecule has 27 heavy (non-hydrogen) atoms. The molecule has 4 aromatic rings. The van der Waals surface area contributed by atoms with Crippen LogP contribution in [0.15, 0.2) is 71.6 Å². The Bertz CT molecular complexity index is 1000. The zero-order valence-corrected chi connectivity index (χ0v) is 15.7. The van der Waals surface area contributed by atoms with Gasteiger partial charge in [-0.15, -0.1) is 16.9 Å². The van der Waals surface area contributed by atoms with E-state index >= 15 is 0 Å². The lowest BCUT2D eigenvalue weighted by Crippen LogP contribution is -1.98. The summed E-state index contributed by atoms with van der Waals surface area (Å²) in [4.78, 5) is 5.25. The summed E-state index contributed by atoms with van der Waals surface area (Å²) in [5, 5.41) is 11.3. The third kappa shape index (κ3) is 4.28. The minimum absolute atomic E-state index is 0.316. The molecule has 2 aromatic carbocycles. The summed E-state index contributed by atoms with van der Waals surface area (Å²) in [6.45, 7) is 0. The summed E-state index contributed by atoms with van der Waals surface area (Å²) in [6.07, 6.45) is 3.24. The molecule has 1 unspecified atom stereocenters. The van der Waals surface area contributed by atoms with Crippen molar-refractivity contribution in [1.29, 1.82) is 0 Å². The number of nitrogens with zero attached hydrogens (tertiary/aromatic N) is 3. The highest BCUT2D eigenvalue weighted by molar-refractivity contribution is 7.99. The number of thioether (sulfide) groups is 1. The molecule has 136 valence electrons. The Morgan fingerprint density at radius 2 is 1.70 bits per heavy atom. The summed E-state index contributed by atoms with van der Waals surface area (Å²) in [6, 6.07) is 23.1. The van der Waals surface area contributed by atoms with Gasteiger partial charge in [-0.1, -0.05) is 60.7 Å². The Morgan fingerprint density at radius 1 is 0.963 bits per heavy atom. The molecule has 1 atom stereocenters. The van der Waals surface area contributed by atoms with Gasteiger partial charge in [-0.05, 0) is 36.5 Å². The molecule has 0 aliphatic heterocycles. The number of pyridine rings is 1. The molecule has 2 aromatic heterocycles. The van der Waals surface area contributed by atoms with Crippen LogP contribution in [-0.2, 0) is 6.42 Å². The van der Waals surface area contributed by atoms with Crippen molar-refractivity contribution in [3.05, 3.63) is 77.9 Å². The van der Waals surface area contributed by atoms with E-state index in [1.807, 2.05) is 6.07 Å². The first-order valence-electron chi connectivity index (χ1n) is 9.02. The van der Waals surface area contributed by atoms with Gasteiger partial charge in [0.15, 0.2) is 0 Å². The van der Waals surface area contributed by atoms with Gasteiger partial charge in [0, 0.05) is 10.1 Å². The van der Waals surface area contributed by atoms with Crippen LogP contribution < -0.4 is 5.73 Å². The van der Waals surface area contributed by atoms with E-state index in [1.54, 1.807) is 11.8 Å². The number of hydrogen-bond donors (Lipinski definition) is 2. The minimum atomic E-state index is 0.316. The summed E-state index contributed by atoms with van der Waals surface area (Å²) < 4.78 is 0. The molecule has 0 saturated carbocycles. The average molecular weight is 376 g/mol. The first kappa shape index (κ1) is 17.5. The van der Waals surface area contributed by atoms with Crippen molar-refractivity contribution >= 4 is 28.7 Å². The lowest BCUT2D eigenvalue weighted by molar-refractivity contribution is 0.722. The molecule has 0 spiro atoms. The fraction of sp³-hybridized carbons (Fsp3) is 0.190. The van der Waals surface area contributed by atoms with E-state index < -0.39 is 0 Å². The number of fused-ring (bicyclic) bond motifs is 1. The van der Waals surface area contributed by atoms with Crippen LogP contribution in [0.3, 0.4) is 0 Å². The van der Waals surface area contributed by atoms with Crippen LogP contribution in [0.25, 0.3) is 11.2 Å². The number of rotatable bonds is 7. The number of H-pyrrole nitrogens is 1. The van der Waals surface area contributed by atoms with Crippen molar-refractivity contribution in [3.63, 3.8) is 0 Å². The fourth-order valence-corrected chi connectivity index (χ4v) is 4.49. The van der Waals surface area contributed by atoms with Crippen LogP contribution in [0.4, 0.5) is 5.82 Å². The highest BCUT2D eigenvalue weighted by Crippen LogP contribution is 2.41. The van der Waals surface area contributed by atoms with Gasteiger partial charge in [-0.3, -0.25) is 0 Å². The summed E-state index contributed by atoms with van der Waals surface area (Å²) >= 11 is 1.78. The summed E-state index contributed by atoms with van der Waals surface area (Å²) in [5.41, 5.74) is 9.99. The number of nitrogens with two attached hydrogens (primary N) is 1. The smallest absolute Gasteiger partial charge is 0.204 e. The molecular weight excluding hydrogens is 354 g/mol. The van der Waals surface area contributed by atoms with Crippen LogP contribution in [-0.4, -0.2) is 20.4 Å². The number of aryl methyl sites for hydroxylation is 1. The molecule has 0 fully saturated rings. The number of nitrogens with one attached hydrogen (secondary N) is 1. The maximum Gasteiger partial charge on any atom is 0.204 e. The zero-order chi connectivity index (χ0) is 18.5. The van der Waals surface area contributed by atoms with Crippen LogP contribution >= 0.6 is 11.8 Å². The van der Waals surface area contributed by atoms with Gasteiger partial charge in [0.1, 0.15) is 11.3 Å². The van der Waals surface area contributed by atoms with E-state index in [9.17, 15) is 0 Å². The minimum Gasteiger partial charge on any atom is -0.384 e. The van der Waals surface area contributed by atoms with Gasteiger partial charge in [0.2, 0.25) is 5.65 Å². The summed E-state index contributed by atoms with van der Waals surface area (Å²) in [7, 11) is 0. The van der Waals surface area contributed by atoms with Crippen molar-refractivity contribution in [2.45, 2.75) is 29.4 Å². The molecule has 3 N–H and O–H groups in total. The second-order valence-electron chi connectivity index (χ2n) is 6.44. The Kier molecular flexibility index (Phi) is 5.34. The van der Waals surface area contributed by atoms with E-state index in [4.69, 9.17) is 5.73 Å². The Hall–Kier alpha value is -2.86. The van der Waals surface area contributed by atoms with Crippen LogP contribution in [0.1, 0.15) is 29.2 Å². The first-order valence-corrected chi connectivity index (χ1v) is 9.90. The monoisotopic (exact) mass is 375 g/mol. The first-order chi connectivity index (χ1) is 13.3. The Balaban J connectivity index is 1.55. The second-order valence-corrected chi connectivity index (χ2v) is 7.68. The number of anilines is 1. The highest BCUT2D eigenvalue weighted by atomic mass is 32.2. The van der Waals surface area contributed by atoms with Crippen LogP contribution in [0.5, 0.6) is 0 Å². The van der Waals surface area contributed by atoms with Crippen molar-refractivity contribution in [2.75, 3.05) is 5.73 Å². The van der Waals surface area contributed by atoms with Crippen molar-refractivity contribution in [2.24, 2.45) is 0 Å². The van der Waals surface area contributed by atoms with Crippen LogP contribution in [0.2, 0.25) is 0 Å². The largest absolute Gasteiger partial charge is 0.384 e. The maximum absolute atomic E-state index is 5.97. The van der Waals surface area contributed by atoms with Gasteiger partial charge >= 0.3 is 0 Å². The Morgan fingerprint density at radius 3 is 2.48 bits per heavy atom. The van der Waals surface area contributed by atoms with Gasteiger partial charge in [-0.2, -0.15) is 10.3 Å². The lowest BCUT2D eigenvalue weighted by Gasteiger charge is -2.17. The summed E-state index contributed by atoms with van der Waals surface area (Å²) in [5.74, 6) is 0.468. The topological polar surface area (TPSA) is 80.5 Å². The third-order valence-corrected chi connectivity index (χ3v) is 5.85. The molecule has 0 radical (unpaired) electrons. The van der Waals surface area contributed by atoms with E-state index in [1.165, 1.54) is 11.1 Å². The number of nitrogen functional groups attached to an aromatic ring is 1. The average Bonchev–Trinajstić information content (AvgIpc) is 3.17. The van der Waals surface area contributed by atoms with Crippen molar-refractivity contribution in [3.8, 4) is 0 Å². The number of benzene rings is 2. The molecule has 0 bridgehead atoms. The van der Waals surface area contributed by atoms with Gasteiger partial charge < -0.3 is 5.73 Å². The quantitative estimate of drug-likeness (QED) is 0.454. The van der Waals surface area contributed by atoms with Crippen molar-refractivity contribution < 1.29 is 0 Å². The zero-order valence-electron chi connectivity index (χ0n) is 14.9. The number of aromatic amines is 1. The molecule has 0 amide bonds. The van der Waals surface area contributed by atoms with E-state index in [-0.39, 0.29) is 0 Å². The second kappa shape index (κ2) is 8.22. The SMILES string of the molecule is Nc1cc(SC(CCCc2ccccc2)c2ccccc2)c2n[nH]nc2n1. The molecule has 0 aliphatic carbocycles. The Labute approximate surface area is 162 Å². The standard InChI is InChI=1S/C21H21N5S/c22-19-14-18(20-21(23-19)25-26-24-20)27-17(16-11-5-2-6-12-16)13-7-10-15-8-3-1-4-9-15/h1-6,8-9,11-12,14,17H,7,10,13H2,(H3,22,23,24,25,26). The lowest BCUT2D eigenvalue weighted by atomic mass is 10.0. The third-order valence-electron chi connectivity index (χ3n) is 4.49. The molecular formula is C21H21N5S. The normalized spacial score (nSPS) is 12.3. The van der Waals surface area contributed by atoms with Crippen LogP contribution in [0, 0.1) is 0 Å². The number of hydrogen-bond acceptors (Lipinski definition) is 5. The predicted octanol–water partition coefficient (Wildman–Crippen LogP) is 4.79. The van der Waals surface area contributed by atoms with E-state index in [0.29, 0.717) is 16.7 Å². The molecule has 5 nitrogen and oxygen atoms in total. The van der Waals surface area contributed by atoms with Gasteiger partial charge in [0.05, 0.1) is 0 Å². The molecule has 4 rings (SSSR count). The van der Waals surface area contributed by atoms with E-state index in [0.717, 1.165) is 29.7 Å². The highest BCUT2D eigenvalue weighted by Gasteiger charge is 2.17. The number of aromatic nitrogens is 4. The molecule has 0 saturated heterocycles. The maximum atomic E-state index is 5.97. The molecule has 2 heterocycles. The van der Waals surface area contributed by atoms with Gasteiger partial charge in [-0.25, -0.2) is 4.98 Å². The van der Waals surface area contributed by atoms with Gasteiger partial charge in [0.25, 0.3) is 0 Å². The fourth-order valence-electron chi connectivity index (χ4n) is 3.17. The van der Waals surface area contributed by atoms with Crippen molar-refractivity contribution in [1.82, 2.24) is 20.4 Å². The van der Waals surface area contributed by atoms with E-state index in [2.05, 4.69) is 81.1 Å².